The second-order valence-corrected chi connectivity index (χ2v) is 5.87. The molecule has 0 radical (unpaired) electrons. The highest BCUT2D eigenvalue weighted by molar-refractivity contribution is 7.99. The van der Waals surface area contributed by atoms with Crippen LogP contribution in [0.2, 0.25) is 0 Å². The van der Waals surface area contributed by atoms with Crippen molar-refractivity contribution in [3.8, 4) is 5.75 Å². The first-order valence-corrected chi connectivity index (χ1v) is 7.86. The summed E-state index contributed by atoms with van der Waals surface area (Å²) >= 11 is 1.88. The van der Waals surface area contributed by atoms with Crippen LogP contribution < -0.4 is 10.5 Å². The van der Waals surface area contributed by atoms with Crippen LogP contribution in [0.25, 0.3) is 11.0 Å². The summed E-state index contributed by atoms with van der Waals surface area (Å²) in [5.41, 5.74) is 9.31. The summed E-state index contributed by atoms with van der Waals surface area (Å²) in [7, 11) is 0. The average molecular weight is 277 g/mol. The summed E-state index contributed by atoms with van der Waals surface area (Å²) in [6.07, 6.45) is 4.76. The highest BCUT2D eigenvalue weighted by atomic mass is 32.2. The van der Waals surface area contributed by atoms with Gasteiger partial charge < -0.3 is 14.9 Å². The van der Waals surface area contributed by atoms with E-state index < -0.39 is 0 Å². The Labute approximate surface area is 117 Å². The topological polar surface area (TPSA) is 48.4 Å². The van der Waals surface area contributed by atoms with E-state index in [-0.39, 0.29) is 0 Å². The molecule has 3 nitrogen and oxygen atoms in total. The van der Waals surface area contributed by atoms with Gasteiger partial charge in [0.25, 0.3) is 0 Å². The molecule has 2 heterocycles. The molecule has 0 saturated heterocycles. The first-order valence-electron chi connectivity index (χ1n) is 6.87. The van der Waals surface area contributed by atoms with Crippen molar-refractivity contribution in [2.24, 2.45) is 5.73 Å². The molecule has 1 aromatic heterocycles. The Balaban J connectivity index is 2.20. The summed E-state index contributed by atoms with van der Waals surface area (Å²) in [4.78, 5) is 1.27. The summed E-state index contributed by atoms with van der Waals surface area (Å²) in [5, 5.41) is 1.17. The molecule has 102 valence electrons. The van der Waals surface area contributed by atoms with E-state index in [4.69, 9.17) is 14.9 Å². The van der Waals surface area contributed by atoms with E-state index >= 15 is 0 Å². The standard InChI is InChI=1S/C15H19NO2S/c1-2-9-19-15-12-5-8-17-13(12)10(3-6-16)11-4-7-18-14(11)15/h4,7H,2-3,5-6,8-9,16H2,1H3. The molecule has 0 spiro atoms. The smallest absolute Gasteiger partial charge is 0.148 e. The fraction of sp³-hybridized carbons (Fsp3) is 0.467. The van der Waals surface area contributed by atoms with Crippen molar-refractivity contribution in [1.82, 2.24) is 0 Å². The summed E-state index contributed by atoms with van der Waals surface area (Å²) in [6, 6.07) is 2.04. The minimum Gasteiger partial charge on any atom is -0.493 e. The molecule has 3 rings (SSSR count). The molecule has 1 aromatic carbocycles. The Hall–Kier alpha value is -1.13. The Bertz CT molecular complexity index is 591. The Morgan fingerprint density at radius 2 is 2.32 bits per heavy atom. The zero-order valence-corrected chi connectivity index (χ0v) is 12.0. The Kier molecular flexibility index (Phi) is 3.71. The minimum atomic E-state index is 0.636. The fourth-order valence-electron chi connectivity index (χ4n) is 2.67. The maximum absolute atomic E-state index is 5.87. The quantitative estimate of drug-likeness (QED) is 0.851. The third-order valence-corrected chi connectivity index (χ3v) is 4.80. The van der Waals surface area contributed by atoms with Crippen LogP contribution in [0.5, 0.6) is 5.75 Å². The number of rotatable bonds is 5. The van der Waals surface area contributed by atoms with Gasteiger partial charge in [0, 0.05) is 22.9 Å². The molecule has 1 aliphatic rings. The van der Waals surface area contributed by atoms with Crippen molar-refractivity contribution in [3.63, 3.8) is 0 Å². The monoisotopic (exact) mass is 277 g/mol. The molecule has 1 aliphatic heterocycles. The highest BCUT2D eigenvalue weighted by Gasteiger charge is 2.25. The number of thioether (sulfide) groups is 1. The molecule has 0 unspecified atom stereocenters. The maximum atomic E-state index is 5.87. The first kappa shape index (κ1) is 12.9. The van der Waals surface area contributed by atoms with Crippen molar-refractivity contribution in [3.05, 3.63) is 23.5 Å². The summed E-state index contributed by atoms with van der Waals surface area (Å²) < 4.78 is 11.6. The van der Waals surface area contributed by atoms with Crippen molar-refractivity contribution in [2.45, 2.75) is 31.1 Å². The third kappa shape index (κ3) is 2.13. The Morgan fingerprint density at radius 1 is 1.42 bits per heavy atom. The van der Waals surface area contributed by atoms with Crippen LogP contribution in [0, 0.1) is 0 Å². The normalized spacial score (nSPS) is 13.8. The van der Waals surface area contributed by atoms with Crippen molar-refractivity contribution in [1.29, 1.82) is 0 Å². The van der Waals surface area contributed by atoms with Crippen LogP contribution in [0.15, 0.2) is 21.6 Å². The molecule has 0 saturated carbocycles. The van der Waals surface area contributed by atoms with Crippen LogP contribution in [-0.4, -0.2) is 18.9 Å². The molecule has 0 atom stereocenters. The number of hydrogen-bond acceptors (Lipinski definition) is 4. The van der Waals surface area contributed by atoms with E-state index in [1.54, 1.807) is 6.26 Å². The molecule has 2 N–H and O–H groups in total. The molecule has 0 fully saturated rings. The second kappa shape index (κ2) is 5.47. The first-order chi connectivity index (χ1) is 9.36. The van der Waals surface area contributed by atoms with Crippen LogP contribution >= 0.6 is 11.8 Å². The van der Waals surface area contributed by atoms with Crippen LogP contribution in [0.3, 0.4) is 0 Å². The van der Waals surface area contributed by atoms with E-state index in [0.29, 0.717) is 6.54 Å². The van der Waals surface area contributed by atoms with Gasteiger partial charge in [-0.15, -0.1) is 11.8 Å². The van der Waals surface area contributed by atoms with Crippen LogP contribution in [0.1, 0.15) is 24.5 Å². The molecular formula is C15H19NO2S. The SMILES string of the molecule is CCCSc1c2c(c(CCN)c3ccoc13)OCC2. The van der Waals surface area contributed by atoms with Crippen molar-refractivity contribution >= 4 is 22.7 Å². The molecule has 2 aromatic rings. The van der Waals surface area contributed by atoms with Gasteiger partial charge in [0.2, 0.25) is 0 Å². The molecule has 0 bridgehead atoms. The van der Waals surface area contributed by atoms with Crippen molar-refractivity contribution in [2.75, 3.05) is 18.9 Å². The fourth-order valence-corrected chi connectivity index (χ4v) is 3.74. The number of ether oxygens (including phenoxy) is 1. The molecule has 19 heavy (non-hydrogen) atoms. The van der Waals surface area contributed by atoms with Gasteiger partial charge in [0.15, 0.2) is 0 Å². The van der Waals surface area contributed by atoms with E-state index in [0.717, 1.165) is 43.0 Å². The second-order valence-electron chi connectivity index (χ2n) is 4.76. The Morgan fingerprint density at radius 3 is 3.11 bits per heavy atom. The van der Waals surface area contributed by atoms with E-state index in [9.17, 15) is 0 Å². The zero-order valence-electron chi connectivity index (χ0n) is 11.2. The average Bonchev–Trinajstić information content (AvgIpc) is 3.06. The van der Waals surface area contributed by atoms with Crippen LogP contribution in [0.4, 0.5) is 0 Å². The molecule has 0 amide bonds. The molecular weight excluding hydrogens is 258 g/mol. The van der Waals surface area contributed by atoms with E-state index in [2.05, 4.69) is 6.92 Å². The van der Waals surface area contributed by atoms with Gasteiger partial charge in [0.1, 0.15) is 11.3 Å². The lowest BCUT2D eigenvalue weighted by Gasteiger charge is -2.13. The number of furan rings is 1. The largest absolute Gasteiger partial charge is 0.493 e. The maximum Gasteiger partial charge on any atom is 0.148 e. The zero-order chi connectivity index (χ0) is 13.2. The molecule has 0 aliphatic carbocycles. The van der Waals surface area contributed by atoms with Crippen molar-refractivity contribution < 1.29 is 9.15 Å². The lowest BCUT2D eigenvalue weighted by Crippen LogP contribution is -2.05. The number of benzene rings is 1. The number of fused-ring (bicyclic) bond motifs is 2. The summed E-state index contributed by atoms with van der Waals surface area (Å²) in [6.45, 7) is 3.61. The van der Waals surface area contributed by atoms with Gasteiger partial charge in [-0.2, -0.15) is 0 Å². The van der Waals surface area contributed by atoms with Gasteiger partial charge in [-0.05, 0) is 31.2 Å². The van der Waals surface area contributed by atoms with E-state index in [1.807, 2.05) is 17.8 Å². The predicted octanol–water partition coefficient (Wildman–Crippen LogP) is 3.37. The lowest BCUT2D eigenvalue weighted by molar-refractivity contribution is 0.354. The summed E-state index contributed by atoms with van der Waals surface area (Å²) in [5.74, 6) is 2.18. The van der Waals surface area contributed by atoms with Crippen LogP contribution in [-0.2, 0) is 12.8 Å². The number of nitrogens with two attached hydrogens (primary N) is 1. The third-order valence-electron chi connectivity index (χ3n) is 3.46. The van der Waals surface area contributed by atoms with E-state index in [1.165, 1.54) is 21.4 Å². The van der Waals surface area contributed by atoms with Gasteiger partial charge in [0.05, 0.1) is 17.8 Å². The lowest BCUT2D eigenvalue weighted by atomic mass is 10.0. The molecule has 4 heteroatoms. The van der Waals surface area contributed by atoms with Gasteiger partial charge in [-0.25, -0.2) is 0 Å². The van der Waals surface area contributed by atoms with Gasteiger partial charge >= 0.3 is 0 Å². The van der Waals surface area contributed by atoms with Gasteiger partial charge in [-0.3, -0.25) is 0 Å². The number of hydrogen-bond donors (Lipinski definition) is 1. The highest BCUT2D eigenvalue weighted by Crippen LogP contribution is 2.44. The predicted molar refractivity (Wildman–Crippen MR) is 79.2 cm³/mol. The van der Waals surface area contributed by atoms with Gasteiger partial charge in [-0.1, -0.05) is 6.92 Å². The minimum absolute atomic E-state index is 0.636.